The summed E-state index contributed by atoms with van der Waals surface area (Å²) in [6, 6.07) is 32.8. The van der Waals surface area contributed by atoms with E-state index in [1.807, 2.05) is 84.9 Å². The Bertz CT molecular complexity index is 1350. The Morgan fingerprint density at radius 2 is 1.46 bits per heavy atom. The normalized spacial score (nSPS) is 11.3. The van der Waals surface area contributed by atoms with E-state index in [2.05, 4.69) is 5.32 Å². The molecule has 7 heteroatoms. The molecular formula is C32H31ClN2O4. The van der Waals surface area contributed by atoms with Crippen LogP contribution >= 0.6 is 11.6 Å². The Morgan fingerprint density at radius 3 is 2.13 bits per heavy atom. The van der Waals surface area contributed by atoms with E-state index >= 15 is 0 Å². The van der Waals surface area contributed by atoms with Gasteiger partial charge in [0, 0.05) is 13.1 Å². The molecule has 4 rings (SSSR count). The summed E-state index contributed by atoms with van der Waals surface area (Å²) in [6.45, 7) is 0.355. The van der Waals surface area contributed by atoms with Crippen LogP contribution in [0.1, 0.15) is 22.7 Å². The van der Waals surface area contributed by atoms with E-state index in [0.717, 1.165) is 11.1 Å². The molecule has 6 nitrogen and oxygen atoms in total. The first-order valence-electron chi connectivity index (χ1n) is 12.7. The van der Waals surface area contributed by atoms with Crippen LogP contribution in [0.15, 0.2) is 109 Å². The highest BCUT2D eigenvalue weighted by atomic mass is 35.5. The topological polar surface area (TPSA) is 67.9 Å². The zero-order chi connectivity index (χ0) is 27.5. The number of nitrogens with one attached hydrogen (secondary N) is 1. The van der Waals surface area contributed by atoms with Crippen molar-refractivity contribution in [3.05, 3.63) is 131 Å². The van der Waals surface area contributed by atoms with Gasteiger partial charge in [-0.1, -0.05) is 96.5 Å². The summed E-state index contributed by atoms with van der Waals surface area (Å²) in [7, 11) is 1.60. The number of benzene rings is 4. The lowest BCUT2D eigenvalue weighted by Crippen LogP contribution is -2.45. The van der Waals surface area contributed by atoms with Gasteiger partial charge >= 0.3 is 0 Å². The summed E-state index contributed by atoms with van der Waals surface area (Å²) >= 11 is 6.24. The zero-order valence-corrected chi connectivity index (χ0v) is 22.5. The zero-order valence-electron chi connectivity index (χ0n) is 21.8. The number of para-hydroxylation sites is 1. The summed E-state index contributed by atoms with van der Waals surface area (Å²) in [5.74, 6) is 0.493. The Balaban J connectivity index is 1.60. The molecule has 0 heterocycles. The van der Waals surface area contributed by atoms with Crippen LogP contribution < -0.4 is 14.8 Å². The molecule has 0 unspecified atom stereocenters. The maximum absolute atomic E-state index is 13.7. The molecule has 4 aromatic rings. The second-order valence-corrected chi connectivity index (χ2v) is 9.34. The Hall–Kier alpha value is -4.29. The fourth-order valence-electron chi connectivity index (χ4n) is 4.21. The lowest BCUT2D eigenvalue weighted by atomic mass is 10.0. The lowest BCUT2D eigenvalue weighted by molar-refractivity contribution is -0.143. The third-order valence-corrected chi connectivity index (χ3v) is 6.56. The van der Waals surface area contributed by atoms with E-state index < -0.39 is 6.04 Å². The molecule has 0 spiro atoms. The highest BCUT2D eigenvalue weighted by Crippen LogP contribution is 2.27. The average molecular weight is 543 g/mol. The molecular weight excluding hydrogens is 512 g/mol. The van der Waals surface area contributed by atoms with E-state index in [-0.39, 0.29) is 25.0 Å². The van der Waals surface area contributed by atoms with E-state index in [0.29, 0.717) is 35.1 Å². The molecule has 1 atom stereocenters. The molecule has 0 saturated carbocycles. The standard InChI is InChI=1S/C32H31ClN2O4/c1-38-27-18-16-25(17-19-27)22-35(30(36)23-39-29-15-9-8-14-28(29)33)31(26-12-6-3-7-13-26)32(37)34-21-20-24-10-4-2-5-11-24/h2-19,31H,20-23H2,1H3,(H,34,37)/t31-/m0/s1. The van der Waals surface area contributed by atoms with Crippen LogP contribution in [0.3, 0.4) is 0 Å². The molecule has 0 aliphatic rings. The van der Waals surface area contributed by atoms with Crippen molar-refractivity contribution in [1.29, 1.82) is 0 Å². The number of carbonyl (C=O) groups excluding carboxylic acids is 2. The minimum Gasteiger partial charge on any atom is -0.497 e. The lowest BCUT2D eigenvalue weighted by Gasteiger charge is -2.31. The van der Waals surface area contributed by atoms with Crippen LogP contribution in [0, 0.1) is 0 Å². The molecule has 1 N–H and O–H groups in total. The molecule has 0 aromatic heterocycles. The van der Waals surface area contributed by atoms with E-state index in [4.69, 9.17) is 21.1 Å². The van der Waals surface area contributed by atoms with Crippen LogP contribution in [0.5, 0.6) is 11.5 Å². The number of nitrogens with zero attached hydrogens (tertiary/aromatic N) is 1. The van der Waals surface area contributed by atoms with Gasteiger partial charge in [0.2, 0.25) is 5.91 Å². The molecule has 0 aliphatic heterocycles. The van der Waals surface area contributed by atoms with Crippen molar-refractivity contribution < 1.29 is 19.1 Å². The van der Waals surface area contributed by atoms with Gasteiger partial charge < -0.3 is 19.7 Å². The van der Waals surface area contributed by atoms with Crippen LogP contribution in [0.2, 0.25) is 5.02 Å². The fraction of sp³-hybridized carbons (Fsp3) is 0.188. The Labute approximate surface area is 234 Å². The van der Waals surface area contributed by atoms with Crippen molar-refractivity contribution in [2.75, 3.05) is 20.3 Å². The molecule has 0 saturated heterocycles. The monoisotopic (exact) mass is 542 g/mol. The minimum atomic E-state index is -0.869. The van der Waals surface area contributed by atoms with Gasteiger partial charge in [-0.3, -0.25) is 9.59 Å². The van der Waals surface area contributed by atoms with Crippen LogP contribution in [-0.2, 0) is 22.6 Å². The van der Waals surface area contributed by atoms with Crippen molar-refractivity contribution in [3.8, 4) is 11.5 Å². The minimum absolute atomic E-state index is 0.195. The summed E-state index contributed by atoms with van der Waals surface area (Å²) in [6.07, 6.45) is 0.677. The smallest absolute Gasteiger partial charge is 0.261 e. The van der Waals surface area contributed by atoms with Crippen molar-refractivity contribution in [2.24, 2.45) is 0 Å². The van der Waals surface area contributed by atoms with Crippen LogP contribution in [0.25, 0.3) is 0 Å². The predicted molar refractivity (Wildman–Crippen MR) is 153 cm³/mol. The molecule has 4 aromatic carbocycles. The molecule has 0 bridgehead atoms. The average Bonchev–Trinajstić information content (AvgIpc) is 2.98. The second kappa shape index (κ2) is 14.0. The Kier molecular flexibility index (Phi) is 9.98. The molecule has 0 aliphatic carbocycles. The van der Waals surface area contributed by atoms with Crippen LogP contribution in [0.4, 0.5) is 0 Å². The van der Waals surface area contributed by atoms with Crippen LogP contribution in [-0.4, -0.2) is 37.0 Å². The summed E-state index contributed by atoms with van der Waals surface area (Å²) in [5, 5.41) is 3.44. The van der Waals surface area contributed by atoms with Gasteiger partial charge in [0.05, 0.1) is 12.1 Å². The number of hydrogen-bond donors (Lipinski definition) is 1. The largest absolute Gasteiger partial charge is 0.497 e. The van der Waals surface area contributed by atoms with Crippen molar-refractivity contribution in [2.45, 2.75) is 19.0 Å². The van der Waals surface area contributed by atoms with Crippen molar-refractivity contribution >= 4 is 23.4 Å². The van der Waals surface area contributed by atoms with E-state index in [1.54, 1.807) is 36.3 Å². The third-order valence-electron chi connectivity index (χ3n) is 6.25. The highest BCUT2D eigenvalue weighted by Gasteiger charge is 2.31. The molecule has 200 valence electrons. The van der Waals surface area contributed by atoms with Gasteiger partial charge in [0.25, 0.3) is 5.91 Å². The first kappa shape index (κ1) is 27.7. The third kappa shape index (κ3) is 7.85. The number of ether oxygens (including phenoxy) is 2. The number of methoxy groups -OCH3 is 1. The molecule has 0 radical (unpaired) electrons. The van der Waals surface area contributed by atoms with Gasteiger partial charge in [-0.25, -0.2) is 0 Å². The number of hydrogen-bond acceptors (Lipinski definition) is 4. The fourth-order valence-corrected chi connectivity index (χ4v) is 4.41. The van der Waals surface area contributed by atoms with Crippen molar-refractivity contribution in [1.82, 2.24) is 10.2 Å². The van der Waals surface area contributed by atoms with Gasteiger partial charge in [-0.2, -0.15) is 0 Å². The quantitative estimate of drug-likeness (QED) is 0.244. The van der Waals surface area contributed by atoms with Gasteiger partial charge in [0.15, 0.2) is 6.61 Å². The SMILES string of the molecule is COc1ccc(CN(C(=O)COc2ccccc2Cl)[C@H](C(=O)NCCc2ccccc2)c2ccccc2)cc1. The first-order chi connectivity index (χ1) is 19.0. The molecule has 0 fully saturated rings. The maximum atomic E-state index is 13.7. The molecule has 2 amide bonds. The van der Waals surface area contributed by atoms with Gasteiger partial charge in [-0.05, 0) is 47.4 Å². The number of carbonyl (C=O) groups is 2. The van der Waals surface area contributed by atoms with E-state index in [9.17, 15) is 9.59 Å². The van der Waals surface area contributed by atoms with Gasteiger partial charge in [0.1, 0.15) is 17.5 Å². The summed E-state index contributed by atoms with van der Waals surface area (Å²) in [5.41, 5.74) is 2.67. The number of halogens is 1. The highest BCUT2D eigenvalue weighted by molar-refractivity contribution is 6.32. The summed E-state index contributed by atoms with van der Waals surface area (Å²) < 4.78 is 11.1. The molecule has 39 heavy (non-hydrogen) atoms. The van der Waals surface area contributed by atoms with Crippen molar-refractivity contribution in [3.63, 3.8) is 0 Å². The number of amides is 2. The Morgan fingerprint density at radius 1 is 0.821 bits per heavy atom. The maximum Gasteiger partial charge on any atom is 0.261 e. The second-order valence-electron chi connectivity index (χ2n) is 8.93. The summed E-state index contributed by atoms with van der Waals surface area (Å²) in [4.78, 5) is 29.0. The number of rotatable bonds is 12. The van der Waals surface area contributed by atoms with E-state index in [1.165, 1.54) is 0 Å². The predicted octanol–water partition coefficient (Wildman–Crippen LogP) is 5.86. The first-order valence-corrected chi connectivity index (χ1v) is 13.1. The van der Waals surface area contributed by atoms with Gasteiger partial charge in [-0.15, -0.1) is 0 Å².